The first-order valence-electron chi connectivity index (χ1n) is 5.50. The minimum atomic E-state index is 0.588. The molecule has 94 valence electrons. The molecule has 3 nitrogen and oxygen atoms in total. The molecule has 0 bridgehead atoms. The van der Waals surface area contributed by atoms with Crippen molar-refractivity contribution in [1.82, 2.24) is 4.98 Å². The fraction of sp³-hybridized carbons (Fsp3) is 0.154. The summed E-state index contributed by atoms with van der Waals surface area (Å²) >= 11 is 9.27. The van der Waals surface area contributed by atoms with Crippen molar-refractivity contribution in [2.24, 2.45) is 0 Å². The zero-order valence-corrected chi connectivity index (χ0v) is 12.1. The molecule has 0 aliphatic heterocycles. The van der Waals surface area contributed by atoms with Crippen LogP contribution >= 0.6 is 27.5 Å². The van der Waals surface area contributed by atoms with E-state index in [1.54, 1.807) is 12.3 Å². The fourth-order valence-electron chi connectivity index (χ4n) is 1.49. The highest BCUT2D eigenvalue weighted by Gasteiger charge is 2.06. The number of nitrogens with one attached hydrogen (secondary N) is 1. The summed E-state index contributed by atoms with van der Waals surface area (Å²) in [5.74, 6) is 1.50. The zero-order valence-electron chi connectivity index (χ0n) is 9.78. The van der Waals surface area contributed by atoms with Crippen molar-refractivity contribution in [3.05, 3.63) is 46.0 Å². The predicted octanol–water partition coefficient (Wildman–Crippen LogP) is 4.64. The molecule has 18 heavy (non-hydrogen) atoms. The number of ether oxygens (including phenoxy) is 1. The molecule has 1 N–H and O–H groups in total. The van der Waals surface area contributed by atoms with Crippen LogP contribution in [0.1, 0.15) is 6.92 Å². The van der Waals surface area contributed by atoms with Crippen LogP contribution in [0.25, 0.3) is 0 Å². The first-order chi connectivity index (χ1) is 8.70. The molecule has 0 aliphatic rings. The molecule has 0 radical (unpaired) electrons. The third-order valence-corrected chi connectivity index (χ3v) is 3.06. The minimum Gasteiger partial charge on any atom is -0.492 e. The Morgan fingerprint density at radius 2 is 2.17 bits per heavy atom. The van der Waals surface area contributed by atoms with Gasteiger partial charge in [0, 0.05) is 6.20 Å². The molecule has 1 aromatic heterocycles. The standard InChI is InChI=1S/C13H12BrClN2O/c1-2-18-12-6-4-3-5-11(12)17-13-10(14)7-9(15)8-16-13/h3-8H,2H2,1H3,(H,16,17). The van der Waals surface area contributed by atoms with Crippen LogP contribution in [-0.4, -0.2) is 11.6 Å². The van der Waals surface area contributed by atoms with Crippen LogP contribution in [0.5, 0.6) is 5.75 Å². The second kappa shape index (κ2) is 6.07. The third-order valence-electron chi connectivity index (χ3n) is 2.25. The largest absolute Gasteiger partial charge is 0.492 e. The first kappa shape index (κ1) is 13.2. The van der Waals surface area contributed by atoms with Gasteiger partial charge >= 0.3 is 0 Å². The van der Waals surface area contributed by atoms with Crippen molar-refractivity contribution in [2.75, 3.05) is 11.9 Å². The van der Waals surface area contributed by atoms with Crippen LogP contribution in [0.3, 0.4) is 0 Å². The molecule has 5 heteroatoms. The molecule has 0 saturated carbocycles. The normalized spacial score (nSPS) is 10.2. The van der Waals surface area contributed by atoms with Crippen LogP contribution in [-0.2, 0) is 0 Å². The molecule has 2 rings (SSSR count). The maximum atomic E-state index is 5.86. The van der Waals surface area contributed by atoms with Crippen molar-refractivity contribution < 1.29 is 4.74 Å². The number of hydrogen-bond donors (Lipinski definition) is 1. The lowest BCUT2D eigenvalue weighted by atomic mass is 10.3. The number of para-hydroxylation sites is 2. The SMILES string of the molecule is CCOc1ccccc1Nc1ncc(Cl)cc1Br. The number of hydrogen-bond acceptors (Lipinski definition) is 3. The number of halogens is 2. The summed E-state index contributed by atoms with van der Waals surface area (Å²) in [4.78, 5) is 4.23. The van der Waals surface area contributed by atoms with Gasteiger partial charge in [-0.1, -0.05) is 23.7 Å². The van der Waals surface area contributed by atoms with Crippen LogP contribution in [0.2, 0.25) is 5.02 Å². The Morgan fingerprint density at radius 1 is 1.39 bits per heavy atom. The van der Waals surface area contributed by atoms with Crippen molar-refractivity contribution in [2.45, 2.75) is 6.92 Å². The maximum Gasteiger partial charge on any atom is 0.144 e. The summed E-state index contributed by atoms with van der Waals surface area (Å²) in [5, 5.41) is 3.80. The Bertz CT molecular complexity index is 548. The summed E-state index contributed by atoms with van der Waals surface area (Å²) < 4.78 is 6.35. The van der Waals surface area contributed by atoms with E-state index in [2.05, 4.69) is 26.2 Å². The quantitative estimate of drug-likeness (QED) is 0.888. The molecule has 1 heterocycles. The van der Waals surface area contributed by atoms with Crippen LogP contribution in [0, 0.1) is 0 Å². The maximum absolute atomic E-state index is 5.86. The van der Waals surface area contributed by atoms with Crippen LogP contribution in [0.4, 0.5) is 11.5 Å². The highest BCUT2D eigenvalue weighted by molar-refractivity contribution is 9.10. The lowest BCUT2D eigenvalue weighted by Gasteiger charge is -2.12. The Kier molecular flexibility index (Phi) is 4.44. The van der Waals surface area contributed by atoms with Gasteiger partial charge in [-0.3, -0.25) is 0 Å². The van der Waals surface area contributed by atoms with E-state index in [1.165, 1.54) is 0 Å². The summed E-state index contributed by atoms with van der Waals surface area (Å²) in [5.41, 5.74) is 0.870. The molecule has 2 aromatic rings. The highest BCUT2D eigenvalue weighted by atomic mass is 79.9. The molecule has 0 aliphatic carbocycles. The van der Waals surface area contributed by atoms with Gasteiger partial charge in [0.1, 0.15) is 11.6 Å². The molecular weight excluding hydrogens is 316 g/mol. The second-order valence-electron chi connectivity index (χ2n) is 3.54. The van der Waals surface area contributed by atoms with E-state index in [9.17, 15) is 0 Å². The number of aromatic nitrogens is 1. The predicted molar refractivity (Wildman–Crippen MR) is 77.8 cm³/mol. The highest BCUT2D eigenvalue weighted by Crippen LogP contribution is 2.30. The Hall–Kier alpha value is -1.26. The van der Waals surface area contributed by atoms with Gasteiger partial charge in [-0.25, -0.2) is 4.98 Å². The average molecular weight is 328 g/mol. The Labute approximate surface area is 119 Å². The van der Waals surface area contributed by atoms with Crippen molar-refractivity contribution in [3.8, 4) is 5.75 Å². The molecule has 1 aromatic carbocycles. The second-order valence-corrected chi connectivity index (χ2v) is 4.83. The van der Waals surface area contributed by atoms with E-state index in [0.29, 0.717) is 17.4 Å². The summed E-state index contributed by atoms with van der Waals surface area (Å²) in [7, 11) is 0. The average Bonchev–Trinajstić information content (AvgIpc) is 2.35. The van der Waals surface area contributed by atoms with Gasteiger partial charge in [0.2, 0.25) is 0 Å². The first-order valence-corrected chi connectivity index (χ1v) is 6.67. The van der Waals surface area contributed by atoms with Gasteiger partial charge in [0.15, 0.2) is 0 Å². The smallest absolute Gasteiger partial charge is 0.144 e. The lowest BCUT2D eigenvalue weighted by molar-refractivity contribution is 0.342. The van der Waals surface area contributed by atoms with Gasteiger partial charge < -0.3 is 10.1 Å². The van der Waals surface area contributed by atoms with E-state index in [-0.39, 0.29) is 0 Å². The van der Waals surface area contributed by atoms with Gasteiger partial charge in [0.05, 0.1) is 21.8 Å². The molecule has 0 amide bonds. The lowest BCUT2D eigenvalue weighted by Crippen LogP contribution is -1.99. The molecule has 0 spiro atoms. The zero-order chi connectivity index (χ0) is 13.0. The third kappa shape index (κ3) is 3.15. The van der Waals surface area contributed by atoms with Crippen molar-refractivity contribution >= 4 is 39.0 Å². The monoisotopic (exact) mass is 326 g/mol. The molecule has 0 atom stereocenters. The number of pyridine rings is 1. The van der Waals surface area contributed by atoms with Gasteiger partial charge in [-0.05, 0) is 41.1 Å². The van der Waals surface area contributed by atoms with Gasteiger partial charge in [0.25, 0.3) is 0 Å². The molecular formula is C13H12BrClN2O. The van der Waals surface area contributed by atoms with E-state index in [1.807, 2.05) is 31.2 Å². The number of rotatable bonds is 4. The summed E-state index contributed by atoms with van der Waals surface area (Å²) in [6, 6.07) is 9.51. The number of anilines is 2. The minimum absolute atomic E-state index is 0.588. The van der Waals surface area contributed by atoms with Gasteiger partial charge in [-0.15, -0.1) is 0 Å². The van der Waals surface area contributed by atoms with Crippen LogP contribution in [0.15, 0.2) is 41.0 Å². The Morgan fingerprint density at radius 3 is 2.89 bits per heavy atom. The van der Waals surface area contributed by atoms with E-state index in [4.69, 9.17) is 16.3 Å². The molecule has 0 fully saturated rings. The number of benzene rings is 1. The fourth-order valence-corrected chi connectivity index (χ4v) is 2.22. The Balaban J connectivity index is 2.28. The summed E-state index contributed by atoms with van der Waals surface area (Å²) in [6.07, 6.45) is 1.60. The van der Waals surface area contributed by atoms with Crippen molar-refractivity contribution in [3.63, 3.8) is 0 Å². The molecule has 0 unspecified atom stereocenters. The van der Waals surface area contributed by atoms with Crippen molar-refractivity contribution in [1.29, 1.82) is 0 Å². The van der Waals surface area contributed by atoms with E-state index >= 15 is 0 Å². The van der Waals surface area contributed by atoms with Gasteiger partial charge in [-0.2, -0.15) is 0 Å². The number of nitrogens with zero attached hydrogens (tertiary/aromatic N) is 1. The van der Waals surface area contributed by atoms with E-state index in [0.717, 1.165) is 15.9 Å². The topological polar surface area (TPSA) is 34.1 Å². The van der Waals surface area contributed by atoms with E-state index < -0.39 is 0 Å². The van der Waals surface area contributed by atoms with Crippen LogP contribution < -0.4 is 10.1 Å². The molecule has 0 saturated heterocycles. The summed E-state index contributed by atoms with van der Waals surface area (Å²) in [6.45, 7) is 2.57.